The average molecular weight is 506 g/mol. The zero-order valence-corrected chi connectivity index (χ0v) is 21.3. The topological polar surface area (TPSA) is 176 Å². The third-order valence-corrected chi connectivity index (χ3v) is 4.77. The molecule has 0 fully saturated rings. The Morgan fingerprint density at radius 3 is 1.77 bits per heavy atom. The highest BCUT2D eigenvalue weighted by atomic mass is 16.5. The second-order valence-electron chi connectivity index (χ2n) is 7.97. The van der Waals surface area contributed by atoms with E-state index < -0.39 is 0 Å². The van der Waals surface area contributed by atoms with Gasteiger partial charge in [-0.25, -0.2) is 0 Å². The lowest BCUT2D eigenvalue weighted by Crippen LogP contribution is -2.33. The molecule has 7 N–H and O–H groups in total. The smallest absolute Gasteiger partial charge is 0.222 e. The van der Waals surface area contributed by atoms with Crippen molar-refractivity contribution in [3.63, 3.8) is 0 Å². The van der Waals surface area contributed by atoms with Gasteiger partial charge in [-0.15, -0.1) is 0 Å². The van der Waals surface area contributed by atoms with Crippen molar-refractivity contribution in [1.82, 2.24) is 16.0 Å². The first-order valence-corrected chi connectivity index (χ1v) is 12.5. The minimum absolute atomic E-state index is 0.0299. The molecule has 0 saturated heterocycles. The number of hydrogen-bond donors (Lipinski definition) is 5. The van der Waals surface area contributed by atoms with E-state index in [1.54, 1.807) is 0 Å². The molecule has 12 nitrogen and oxygen atoms in total. The Kier molecular flexibility index (Phi) is 23.9. The summed E-state index contributed by atoms with van der Waals surface area (Å²) >= 11 is 0. The van der Waals surface area contributed by atoms with Crippen molar-refractivity contribution in [1.29, 1.82) is 0 Å². The van der Waals surface area contributed by atoms with E-state index in [-0.39, 0.29) is 36.9 Å². The number of unbranched alkanes of at least 4 members (excludes halogenated alkanes) is 1. The van der Waals surface area contributed by atoms with E-state index in [4.69, 9.17) is 30.4 Å². The maximum Gasteiger partial charge on any atom is 0.222 e. The average Bonchev–Trinajstić information content (AvgIpc) is 2.83. The highest BCUT2D eigenvalue weighted by molar-refractivity contribution is 5.77. The molecule has 0 aliphatic rings. The number of hydrogen-bond acceptors (Lipinski definition) is 9. The fourth-order valence-corrected chi connectivity index (χ4v) is 2.91. The van der Waals surface area contributed by atoms with Gasteiger partial charge in [-0.1, -0.05) is 0 Å². The second kappa shape index (κ2) is 25.3. The molecule has 0 saturated carbocycles. The van der Waals surface area contributed by atoms with Gasteiger partial charge in [0.05, 0.1) is 53.0 Å². The Bertz CT molecular complexity index is 540. The van der Waals surface area contributed by atoms with E-state index in [1.165, 1.54) is 0 Å². The van der Waals surface area contributed by atoms with Crippen molar-refractivity contribution in [2.75, 3.05) is 72.6 Å². The van der Waals surface area contributed by atoms with Crippen LogP contribution in [0.5, 0.6) is 0 Å². The number of carbonyl (C=O) groups excluding carboxylic acids is 3. The van der Waals surface area contributed by atoms with Crippen LogP contribution in [0.4, 0.5) is 0 Å². The molecule has 206 valence electrons. The van der Waals surface area contributed by atoms with Gasteiger partial charge in [-0.3, -0.25) is 14.4 Å². The van der Waals surface area contributed by atoms with Gasteiger partial charge in [-0.2, -0.15) is 0 Å². The number of nitrogens with two attached hydrogens (primary N) is 2. The highest BCUT2D eigenvalue weighted by Gasteiger charge is 2.08. The summed E-state index contributed by atoms with van der Waals surface area (Å²) in [5.41, 5.74) is 10.5. The summed E-state index contributed by atoms with van der Waals surface area (Å²) in [7, 11) is 0. The predicted octanol–water partition coefficient (Wildman–Crippen LogP) is -0.604. The van der Waals surface area contributed by atoms with Gasteiger partial charge in [0.25, 0.3) is 0 Å². The van der Waals surface area contributed by atoms with Crippen LogP contribution in [0.2, 0.25) is 0 Å². The first-order chi connectivity index (χ1) is 17.0. The molecule has 3 amide bonds. The molecule has 0 bridgehead atoms. The summed E-state index contributed by atoms with van der Waals surface area (Å²) < 4.78 is 20.7. The molecule has 0 aliphatic heterocycles. The van der Waals surface area contributed by atoms with Gasteiger partial charge in [0.15, 0.2) is 0 Å². The third kappa shape index (κ3) is 25.1. The summed E-state index contributed by atoms with van der Waals surface area (Å²) in [6.07, 6.45) is 4.09. The van der Waals surface area contributed by atoms with Crippen molar-refractivity contribution in [3.8, 4) is 0 Å². The number of ether oxygens (including phenoxy) is 4. The van der Waals surface area contributed by atoms with Crippen LogP contribution in [0.15, 0.2) is 0 Å². The molecule has 0 aliphatic carbocycles. The normalized spacial score (nSPS) is 11.7. The van der Waals surface area contributed by atoms with Gasteiger partial charge in [0.1, 0.15) is 0 Å². The molecule has 35 heavy (non-hydrogen) atoms. The molecule has 0 aromatic heterocycles. The lowest BCUT2D eigenvalue weighted by molar-refractivity contribution is -0.124. The summed E-state index contributed by atoms with van der Waals surface area (Å²) in [5, 5.41) is 8.61. The summed E-state index contributed by atoms with van der Waals surface area (Å²) in [6.45, 7) is 6.58. The number of amides is 3. The van der Waals surface area contributed by atoms with Crippen molar-refractivity contribution in [2.45, 2.75) is 57.9 Å². The lowest BCUT2D eigenvalue weighted by atomic mass is 10.1. The van der Waals surface area contributed by atoms with Crippen LogP contribution in [0, 0.1) is 0 Å². The first-order valence-electron chi connectivity index (χ1n) is 12.5. The van der Waals surface area contributed by atoms with Crippen molar-refractivity contribution < 1.29 is 33.3 Å². The number of carbonyl (C=O) groups is 3. The van der Waals surface area contributed by atoms with E-state index in [1.807, 2.05) is 6.92 Å². The standard InChI is InChI=1S/C23H47N5O7/c1-20(5-2-3-10-26-21(29)7-13-33-17-18-35-19-25)28-23(31)6-4-11-27-22(30)8-12-32-15-16-34-14-9-24/h20H,2-19,24-25H2,1H3,(H,26,29)(H,27,30)(H,28,31). The van der Waals surface area contributed by atoms with Crippen LogP contribution in [-0.4, -0.2) is 96.4 Å². The van der Waals surface area contributed by atoms with E-state index in [9.17, 15) is 14.4 Å². The van der Waals surface area contributed by atoms with Gasteiger partial charge in [-0.05, 0) is 32.6 Å². The molecular formula is C23H47N5O7. The minimum Gasteiger partial charge on any atom is -0.379 e. The summed E-state index contributed by atoms with van der Waals surface area (Å²) in [6, 6.07) is 0.0583. The zero-order chi connectivity index (χ0) is 26.0. The fraction of sp³-hybridized carbons (Fsp3) is 0.870. The number of nitrogens with one attached hydrogen (secondary N) is 3. The van der Waals surface area contributed by atoms with E-state index in [0.29, 0.717) is 85.1 Å². The van der Waals surface area contributed by atoms with Crippen LogP contribution >= 0.6 is 0 Å². The summed E-state index contributed by atoms with van der Waals surface area (Å²) in [4.78, 5) is 35.5. The molecule has 0 rings (SSSR count). The molecule has 1 unspecified atom stereocenters. The van der Waals surface area contributed by atoms with Crippen molar-refractivity contribution >= 4 is 17.7 Å². The van der Waals surface area contributed by atoms with Crippen LogP contribution in [-0.2, 0) is 33.3 Å². The molecule has 1 atom stereocenters. The van der Waals surface area contributed by atoms with Crippen LogP contribution in [0.3, 0.4) is 0 Å². The molecule has 0 heterocycles. The largest absolute Gasteiger partial charge is 0.379 e. The van der Waals surface area contributed by atoms with Gasteiger partial charge in [0.2, 0.25) is 17.7 Å². The second-order valence-corrected chi connectivity index (χ2v) is 7.97. The molecule has 0 aromatic carbocycles. The Labute approximate surface area is 209 Å². The fourth-order valence-electron chi connectivity index (χ4n) is 2.91. The monoisotopic (exact) mass is 505 g/mol. The quantitative estimate of drug-likeness (QED) is 0.0800. The number of rotatable bonds is 25. The Morgan fingerprint density at radius 1 is 0.657 bits per heavy atom. The summed E-state index contributed by atoms with van der Waals surface area (Å²) in [5.74, 6) is -0.172. The Morgan fingerprint density at radius 2 is 1.20 bits per heavy atom. The van der Waals surface area contributed by atoms with Gasteiger partial charge >= 0.3 is 0 Å². The van der Waals surface area contributed by atoms with E-state index in [2.05, 4.69) is 16.0 Å². The van der Waals surface area contributed by atoms with Gasteiger partial charge < -0.3 is 46.4 Å². The third-order valence-electron chi connectivity index (χ3n) is 4.77. The molecule has 0 spiro atoms. The first kappa shape index (κ1) is 33.2. The van der Waals surface area contributed by atoms with Gasteiger partial charge in [0, 0.05) is 44.9 Å². The van der Waals surface area contributed by atoms with Crippen LogP contribution < -0.4 is 27.4 Å². The zero-order valence-electron chi connectivity index (χ0n) is 21.3. The highest BCUT2D eigenvalue weighted by Crippen LogP contribution is 2.01. The minimum atomic E-state index is -0.0987. The SMILES string of the molecule is CC(CCCCNC(=O)CCOCCOCN)NC(=O)CCCNC(=O)CCOCCOCCN. The lowest BCUT2D eigenvalue weighted by Gasteiger charge is -2.14. The Hall–Kier alpha value is -1.83. The van der Waals surface area contributed by atoms with Crippen LogP contribution in [0.25, 0.3) is 0 Å². The molecule has 0 radical (unpaired) electrons. The molecular weight excluding hydrogens is 458 g/mol. The van der Waals surface area contributed by atoms with E-state index in [0.717, 1.165) is 19.3 Å². The molecule has 12 heteroatoms. The van der Waals surface area contributed by atoms with E-state index >= 15 is 0 Å². The maximum atomic E-state index is 12.0. The van der Waals surface area contributed by atoms with Crippen molar-refractivity contribution in [3.05, 3.63) is 0 Å². The van der Waals surface area contributed by atoms with Crippen LogP contribution in [0.1, 0.15) is 51.9 Å². The van der Waals surface area contributed by atoms with Crippen molar-refractivity contribution in [2.24, 2.45) is 11.5 Å². The predicted molar refractivity (Wildman–Crippen MR) is 132 cm³/mol. The Balaban J connectivity index is 3.52. The molecule has 0 aromatic rings. The maximum absolute atomic E-state index is 12.0.